The first-order valence-electron chi connectivity index (χ1n) is 6.45. The molecule has 0 bridgehead atoms. The van der Waals surface area contributed by atoms with Crippen molar-refractivity contribution in [3.8, 4) is 11.8 Å². The number of urea groups is 1. The van der Waals surface area contributed by atoms with E-state index in [1.165, 1.54) is 11.3 Å². The summed E-state index contributed by atoms with van der Waals surface area (Å²) < 4.78 is 5.24. The van der Waals surface area contributed by atoms with Crippen molar-refractivity contribution in [2.75, 3.05) is 40.0 Å². The van der Waals surface area contributed by atoms with Gasteiger partial charge in [-0.1, -0.05) is 11.8 Å². The Morgan fingerprint density at radius 3 is 3.00 bits per heavy atom. The van der Waals surface area contributed by atoms with E-state index in [0.29, 0.717) is 32.8 Å². The number of aliphatic hydroxyl groups excluding tert-OH is 1. The van der Waals surface area contributed by atoms with Gasteiger partial charge in [-0.3, -0.25) is 0 Å². The molecule has 1 N–H and O–H groups in total. The topological polar surface area (TPSA) is 53.0 Å². The second-order valence-corrected chi connectivity index (χ2v) is 5.43. The van der Waals surface area contributed by atoms with Gasteiger partial charge in [0, 0.05) is 26.7 Å². The summed E-state index contributed by atoms with van der Waals surface area (Å²) in [6.07, 6.45) is 0. The second kappa shape index (κ2) is 7.29. The minimum absolute atomic E-state index is 0.0301. The Balaban J connectivity index is 1.91. The number of morpholine rings is 1. The predicted molar refractivity (Wildman–Crippen MR) is 77.5 cm³/mol. The van der Waals surface area contributed by atoms with Gasteiger partial charge in [0.05, 0.1) is 18.1 Å². The standard InChI is InChI=1S/C14H18N2O3S/c1-15(14(18)16-4-7-19-8-5-16)10-12-9-13(20-11-12)3-2-6-17/h9,11,17H,4-8,10H2,1H3. The number of rotatable bonds is 2. The highest BCUT2D eigenvalue weighted by Gasteiger charge is 2.20. The molecule has 0 saturated carbocycles. The van der Waals surface area contributed by atoms with Gasteiger partial charge in [0.1, 0.15) is 6.61 Å². The molecule has 1 fully saturated rings. The van der Waals surface area contributed by atoms with E-state index in [-0.39, 0.29) is 12.6 Å². The first-order chi connectivity index (χ1) is 9.70. The van der Waals surface area contributed by atoms with Crippen LogP contribution in [0.2, 0.25) is 0 Å². The molecular formula is C14H18N2O3S. The van der Waals surface area contributed by atoms with Crippen molar-refractivity contribution in [1.29, 1.82) is 0 Å². The van der Waals surface area contributed by atoms with Gasteiger partial charge in [-0.2, -0.15) is 0 Å². The lowest BCUT2D eigenvalue weighted by Crippen LogP contribution is -2.46. The molecule has 5 nitrogen and oxygen atoms in total. The Hall–Kier alpha value is -1.55. The van der Waals surface area contributed by atoms with E-state index in [2.05, 4.69) is 11.8 Å². The summed E-state index contributed by atoms with van der Waals surface area (Å²) in [5, 5.41) is 10.6. The number of ether oxygens (including phenoxy) is 1. The molecule has 1 aliphatic rings. The number of hydrogen-bond donors (Lipinski definition) is 1. The van der Waals surface area contributed by atoms with E-state index in [9.17, 15) is 4.79 Å². The van der Waals surface area contributed by atoms with Crippen molar-refractivity contribution >= 4 is 17.4 Å². The third kappa shape index (κ3) is 3.97. The average molecular weight is 294 g/mol. The fraction of sp³-hybridized carbons (Fsp3) is 0.500. The summed E-state index contributed by atoms with van der Waals surface area (Å²) in [7, 11) is 1.80. The number of hydrogen-bond acceptors (Lipinski definition) is 4. The van der Waals surface area contributed by atoms with Crippen molar-refractivity contribution in [3.05, 3.63) is 21.9 Å². The lowest BCUT2D eigenvalue weighted by molar-refractivity contribution is 0.0448. The highest BCUT2D eigenvalue weighted by Crippen LogP contribution is 2.16. The van der Waals surface area contributed by atoms with Crippen LogP contribution in [0.3, 0.4) is 0 Å². The zero-order chi connectivity index (χ0) is 14.4. The summed E-state index contributed by atoms with van der Waals surface area (Å²) in [6, 6.07) is 1.98. The SMILES string of the molecule is CN(Cc1csc(C#CCO)c1)C(=O)N1CCOCC1. The fourth-order valence-corrected chi connectivity index (χ4v) is 2.76. The van der Waals surface area contributed by atoms with Crippen LogP contribution in [0.15, 0.2) is 11.4 Å². The van der Waals surface area contributed by atoms with Crippen LogP contribution in [0, 0.1) is 11.8 Å². The normalized spacial score (nSPS) is 14.6. The van der Waals surface area contributed by atoms with Crippen molar-refractivity contribution in [1.82, 2.24) is 9.80 Å². The Morgan fingerprint density at radius 1 is 1.55 bits per heavy atom. The molecule has 0 aliphatic carbocycles. The van der Waals surface area contributed by atoms with E-state index in [4.69, 9.17) is 9.84 Å². The van der Waals surface area contributed by atoms with Crippen LogP contribution in [0.25, 0.3) is 0 Å². The number of carbonyl (C=O) groups is 1. The molecule has 0 radical (unpaired) electrons. The van der Waals surface area contributed by atoms with E-state index in [1.807, 2.05) is 16.3 Å². The highest BCUT2D eigenvalue weighted by atomic mass is 32.1. The number of nitrogens with zero attached hydrogens (tertiary/aromatic N) is 2. The van der Waals surface area contributed by atoms with Gasteiger partial charge < -0.3 is 19.6 Å². The van der Waals surface area contributed by atoms with Crippen LogP contribution < -0.4 is 0 Å². The smallest absolute Gasteiger partial charge is 0.320 e. The van der Waals surface area contributed by atoms with Crippen molar-refractivity contribution < 1.29 is 14.6 Å². The summed E-state index contributed by atoms with van der Waals surface area (Å²) in [6.45, 7) is 2.95. The van der Waals surface area contributed by atoms with Gasteiger partial charge in [0.15, 0.2) is 0 Å². The van der Waals surface area contributed by atoms with Gasteiger partial charge in [0.25, 0.3) is 0 Å². The summed E-state index contributed by atoms with van der Waals surface area (Å²) in [5.41, 5.74) is 1.06. The van der Waals surface area contributed by atoms with Crippen LogP contribution in [-0.2, 0) is 11.3 Å². The van der Waals surface area contributed by atoms with E-state index >= 15 is 0 Å². The number of aliphatic hydroxyl groups is 1. The van der Waals surface area contributed by atoms with Crippen LogP contribution in [0.4, 0.5) is 4.79 Å². The maximum absolute atomic E-state index is 12.2. The molecule has 2 amide bonds. The zero-order valence-electron chi connectivity index (χ0n) is 11.5. The molecule has 1 aliphatic heterocycles. The number of carbonyl (C=O) groups excluding carboxylic acids is 1. The maximum atomic E-state index is 12.2. The third-order valence-electron chi connectivity index (χ3n) is 2.97. The Kier molecular flexibility index (Phi) is 5.41. The molecule has 0 atom stereocenters. The minimum Gasteiger partial charge on any atom is -0.384 e. The van der Waals surface area contributed by atoms with Crippen LogP contribution in [0.5, 0.6) is 0 Å². The number of amides is 2. The number of thiophene rings is 1. The maximum Gasteiger partial charge on any atom is 0.320 e. The fourth-order valence-electron chi connectivity index (χ4n) is 1.99. The molecule has 0 aromatic carbocycles. The second-order valence-electron chi connectivity index (χ2n) is 4.52. The monoisotopic (exact) mass is 294 g/mol. The lowest BCUT2D eigenvalue weighted by atomic mass is 10.3. The van der Waals surface area contributed by atoms with Gasteiger partial charge in [0.2, 0.25) is 0 Å². The molecule has 6 heteroatoms. The summed E-state index contributed by atoms with van der Waals surface area (Å²) in [4.78, 5) is 16.6. The predicted octanol–water partition coefficient (Wildman–Crippen LogP) is 0.976. The van der Waals surface area contributed by atoms with Crippen LogP contribution >= 0.6 is 11.3 Å². The third-order valence-corrected chi connectivity index (χ3v) is 3.87. The van der Waals surface area contributed by atoms with E-state index < -0.39 is 0 Å². The highest BCUT2D eigenvalue weighted by molar-refractivity contribution is 7.10. The Bertz CT molecular complexity index is 512. The van der Waals surface area contributed by atoms with Gasteiger partial charge in [-0.25, -0.2) is 4.79 Å². The molecule has 1 aromatic heterocycles. The summed E-state index contributed by atoms with van der Waals surface area (Å²) >= 11 is 1.52. The average Bonchev–Trinajstić information content (AvgIpc) is 2.92. The molecule has 20 heavy (non-hydrogen) atoms. The van der Waals surface area contributed by atoms with E-state index in [1.54, 1.807) is 11.9 Å². The van der Waals surface area contributed by atoms with Crippen LogP contribution in [-0.4, -0.2) is 60.9 Å². The van der Waals surface area contributed by atoms with Crippen molar-refractivity contribution in [2.24, 2.45) is 0 Å². The first kappa shape index (κ1) is 14.9. The lowest BCUT2D eigenvalue weighted by Gasteiger charge is -2.30. The van der Waals surface area contributed by atoms with Crippen molar-refractivity contribution in [3.63, 3.8) is 0 Å². The van der Waals surface area contributed by atoms with Gasteiger partial charge >= 0.3 is 6.03 Å². The molecule has 2 rings (SSSR count). The van der Waals surface area contributed by atoms with Crippen molar-refractivity contribution in [2.45, 2.75) is 6.54 Å². The minimum atomic E-state index is -0.136. The molecule has 0 spiro atoms. The van der Waals surface area contributed by atoms with Gasteiger partial charge in [-0.05, 0) is 17.0 Å². The first-order valence-corrected chi connectivity index (χ1v) is 7.33. The quantitative estimate of drug-likeness (QED) is 0.827. The molecule has 0 unspecified atom stereocenters. The molecule has 1 aromatic rings. The van der Waals surface area contributed by atoms with Gasteiger partial charge in [-0.15, -0.1) is 11.3 Å². The molecule has 108 valence electrons. The molecule has 2 heterocycles. The zero-order valence-corrected chi connectivity index (χ0v) is 12.3. The molecule has 1 saturated heterocycles. The molecular weight excluding hydrogens is 276 g/mol. The van der Waals surface area contributed by atoms with Crippen LogP contribution in [0.1, 0.15) is 10.4 Å². The van der Waals surface area contributed by atoms with E-state index in [0.717, 1.165) is 10.4 Å². The Morgan fingerprint density at radius 2 is 2.30 bits per heavy atom. The summed E-state index contributed by atoms with van der Waals surface area (Å²) in [5.74, 6) is 5.49. The largest absolute Gasteiger partial charge is 0.384 e. The Labute approximate surface area is 122 Å².